The normalized spacial score (nSPS) is 10.7. The maximum absolute atomic E-state index is 5.48. The number of aromatic nitrogens is 3. The van der Waals surface area contributed by atoms with Crippen LogP contribution in [-0.2, 0) is 6.54 Å². The Morgan fingerprint density at radius 1 is 1.17 bits per heavy atom. The van der Waals surface area contributed by atoms with E-state index in [4.69, 9.17) is 10.2 Å². The molecule has 0 spiro atoms. The van der Waals surface area contributed by atoms with Crippen molar-refractivity contribution in [3.63, 3.8) is 0 Å². The van der Waals surface area contributed by atoms with Crippen LogP contribution in [0.25, 0.3) is 17.0 Å². The van der Waals surface area contributed by atoms with Gasteiger partial charge < -0.3 is 10.2 Å². The molecule has 3 aromatic rings. The second-order valence-electron chi connectivity index (χ2n) is 3.83. The first-order chi connectivity index (χ1) is 8.86. The van der Waals surface area contributed by atoms with Crippen LogP contribution < -0.4 is 5.73 Å². The molecule has 0 aliphatic heterocycles. The lowest BCUT2D eigenvalue weighted by Crippen LogP contribution is -1.94. The van der Waals surface area contributed by atoms with Gasteiger partial charge in [-0.15, -0.1) is 0 Å². The number of para-hydroxylation sites is 1. The Labute approximate surface area is 104 Å². The predicted octanol–water partition coefficient (Wildman–Crippen LogP) is 1.99. The van der Waals surface area contributed by atoms with Gasteiger partial charge in [-0.3, -0.25) is 0 Å². The summed E-state index contributed by atoms with van der Waals surface area (Å²) in [5, 5.41) is 4.30. The average molecular weight is 240 g/mol. The van der Waals surface area contributed by atoms with Crippen molar-refractivity contribution in [2.75, 3.05) is 0 Å². The third kappa shape index (κ3) is 1.91. The molecule has 0 saturated heterocycles. The molecule has 0 amide bonds. The monoisotopic (exact) mass is 240 g/mol. The van der Waals surface area contributed by atoms with Crippen LogP contribution in [0, 0.1) is 0 Å². The first kappa shape index (κ1) is 10.7. The van der Waals surface area contributed by atoms with Crippen LogP contribution in [0.15, 0.2) is 53.3 Å². The molecule has 18 heavy (non-hydrogen) atoms. The van der Waals surface area contributed by atoms with Crippen LogP contribution in [0.5, 0.6) is 0 Å². The molecular weight excluding hydrogens is 228 g/mol. The predicted molar refractivity (Wildman–Crippen MR) is 67.0 cm³/mol. The zero-order valence-corrected chi connectivity index (χ0v) is 9.65. The molecule has 0 unspecified atom stereocenters. The summed E-state index contributed by atoms with van der Waals surface area (Å²) in [6, 6.07) is 9.89. The maximum atomic E-state index is 5.48. The van der Waals surface area contributed by atoms with E-state index in [9.17, 15) is 0 Å². The number of hydrogen-bond donors (Lipinski definition) is 1. The number of benzene rings is 1. The molecule has 0 saturated carbocycles. The van der Waals surface area contributed by atoms with E-state index in [-0.39, 0.29) is 0 Å². The third-order valence-electron chi connectivity index (χ3n) is 2.62. The third-order valence-corrected chi connectivity index (χ3v) is 2.62. The molecule has 0 bridgehead atoms. The Hall–Kier alpha value is -2.40. The minimum Gasteiger partial charge on any atom is -0.439 e. The standard InChI is InChI=1S/C13H12N4O/c14-6-13-15-8-12(18-13)10-7-16-17(9-10)11-4-2-1-3-5-11/h1-5,7-9H,6,14H2. The summed E-state index contributed by atoms with van der Waals surface area (Å²) in [5.41, 5.74) is 7.34. The zero-order valence-electron chi connectivity index (χ0n) is 9.65. The van der Waals surface area contributed by atoms with E-state index in [1.807, 2.05) is 36.5 Å². The van der Waals surface area contributed by atoms with Gasteiger partial charge in [0.1, 0.15) is 0 Å². The van der Waals surface area contributed by atoms with Gasteiger partial charge in [-0.2, -0.15) is 5.10 Å². The molecule has 2 heterocycles. The van der Waals surface area contributed by atoms with E-state index in [1.165, 1.54) is 0 Å². The quantitative estimate of drug-likeness (QED) is 0.760. The number of oxazole rings is 1. The number of nitrogens with two attached hydrogens (primary N) is 1. The number of rotatable bonds is 3. The Morgan fingerprint density at radius 3 is 2.72 bits per heavy atom. The minimum absolute atomic E-state index is 0.298. The highest BCUT2D eigenvalue weighted by molar-refractivity contribution is 5.54. The molecule has 0 aliphatic carbocycles. The largest absolute Gasteiger partial charge is 0.439 e. The first-order valence-corrected chi connectivity index (χ1v) is 5.62. The Bertz CT molecular complexity index is 642. The SMILES string of the molecule is NCc1ncc(-c2cnn(-c3ccccc3)c2)o1. The first-order valence-electron chi connectivity index (χ1n) is 5.62. The van der Waals surface area contributed by atoms with Crippen molar-refractivity contribution in [3.8, 4) is 17.0 Å². The fraction of sp³-hybridized carbons (Fsp3) is 0.0769. The van der Waals surface area contributed by atoms with Crippen molar-refractivity contribution >= 4 is 0 Å². The van der Waals surface area contributed by atoms with Crippen molar-refractivity contribution in [1.82, 2.24) is 14.8 Å². The highest BCUT2D eigenvalue weighted by atomic mass is 16.4. The number of hydrogen-bond acceptors (Lipinski definition) is 4. The summed E-state index contributed by atoms with van der Waals surface area (Å²) in [5.74, 6) is 1.20. The van der Waals surface area contributed by atoms with Gasteiger partial charge in [-0.1, -0.05) is 18.2 Å². The van der Waals surface area contributed by atoms with Gasteiger partial charge in [0, 0.05) is 6.20 Å². The Kier molecular flexibility index (Phi) is 2.66. The van der Waals surface area contributed by atoms with Gasteiger partial charge >= 0.3 is 0 Å². The van der Waals surface area contributed by atoms with Crippen LogP contribution in [0.1, 0.15) is 5.89 Å². The second-order valence-corrected chi connectivity index (χ2v) is 3.83. The average Bonchev–Trinajstić information content (AvgIpc) is 3.08. The molecule has 3 rings (SSSR count). The lowest BCUT2D eigenvalue weighted by molar-refractivity contribution is 0.509. The molecule has 0 atom stereocenters. The lowest BCUT2D eigenvalue weighted by atomic mass is 10.3. The molecule has 0 fully saturated rings. The molecule has 2 N–H and O–H groups in total. The summed E-state index contributed by atoms with van der Waals surface area (Å²) in [7, 11) is 0. The van der Waals surface area contributed by atoms with E-state index in [1.54, 1.807) is 17.1 Å². The van der Waals surface area contributed by atoms with Crippen molar-refractivity contribution < 1.29 is 4.42 Å². The van der Waals surface area contributed by atoms with Gasteiger partial charge in [-0.25, -0.2) is 9.67 Å². The van der Waals surface area contributed by atoms with Gasteiger partial charge in [0.25, 0.3) is 0 Å². The second kappa shape index (κ2) is 4.46. The number of nitrogens with zero attached hydrogens (tertiary/aromatic N) is 3. The van der Waals surface area contributed by atoms with Crippen LogP contribution in [0.2, 0.25) is 0 Å². The van der Waals surface area contributed by atoms with Crippen molar-refractivity contribution in [1.29, 1.82) is 0 Å². The van der Waals surface area contributed by atoms with Gasteiger partial charge in [0.15, 0.2) is 5.76 Å². The van der Waals surface area contributed by atoms with Crippen LogP contribution in [0.3, 0.4) is 0 Å². The summed E-state index contributed by atoms with van der Waals surface area (Å²) in [6.45, 7) is 0.298. The summed E-state index contributed by atoms with van der Waals surface area (Å²) >= 11 is 0. The molecule has 1 aromatic carbocycles. The minimum atomic E-state index is 0.298. The highest BCUT2D eigenvalue weighted by Gasteiger charge is 2.08. The summed E-state index contributed by atoms with van der Waals surface area (Å²) < 4.78 is 7.27. The van der Waals surface area contributed by atoms with E-state index >= 15 is 0 Å². The van der Waals surface area contributed by atoms with Crippen LogP contribution in [-0.4, -0.2) is 14.8 Å². The zero-order chi connectivity index (χ0) is 12.4. The maximum Gasteiger partial charge on any atom is 0.208 e. The molecule has 5 nitrogen and oxygen atoms in total. The van der Waals surface area contributed by atoms with Crippen molar-refractivity contribution in [2.45, 2.75) is 6.54 Å². The van der Waals surface area contributed by atoms with Crippen LogP contribution in [0.4, 0.5) is 0 Å². The van der Waals surface area contributed by atoms with Gasteiger partial charge in [0.05, 0.1) is 30.2 Å². The molecule has 90 valence electrons. The van der Waals surface area contributed by atoms with E-state index in [0.29, 0.717) is 18.2 Å². The molecule has 5 heteroatoms. The fourth-order valence-electron chi connectivity index (χ4n) is 1.71. The Balaban J connectivity index is 1.94. The van der Waals surface area contributed by atoms with Gasteiger partial charge in [0.2, 0.25) is 5.89 Å². The molecule has 2 aromatic heterocycles. The molecule has 0 radical (unpaired) electrons. The molecule has 0 aliphatic rings. The van der Waals surface area contributed by atoms with E-state index in [0.717, 1.165) is 11.3 Å². The van der Waals surface area contributed by atoms with E-state index in [2.05, 4.69) is 10.1 Å². The van der Waals surface area contributed by atoms with Crippen LogP contribution >= 0.6 is 0 Å². The highest BCUT2D eigenvalue weighted by Crippen LogP contribution is 2.20. The van der Waals surface area contributed by atoms with Gasteiger partial charge in [-0.05, 0) is 12.1 Å². The van der Waals surface area contributed by atoms with E-state index < -0.39 is 0 Å². The fourth-order valence-corrected chi connectivity index (χ4v) is 1.71. The summed E-state index contributed by atoms with van der Waals surface area (Å²) in [6.07, 6.45) is 5.30. The topological polar surface area (TPSA) is 69.9 Å². The van der Waals surface area contributed by atoms with Crippen molar-refractivity contribution in [3.05, 3.63) is 54.8 Å². The Morgan fingerprint density at radius 2 is 2.00 bits per heavy atom. The molecular formula is C13H12N4O. The summed E-state index contributed by atoms with van der Waals surface area (Å²) in [4.78, 5) is 4.06. The smallest absolute Gasteiger partial charge is 0.208 e. The lowest BCUT2D eigenvalue weighted by Gasteiger charge is -1.98. The van der Waals surface area contributed by atoms with Crippen molar-refractivity contribution in [2.24, 2.45) is 5.73 Å².